The van der Waals surface area contributed by atoms with E-state index in [1.54, 1.807) is 12.4 Å². The van der Waals surface area contributed by atoms with Crippen LogP contribution in [0.4, 0.5) is 4.79 Å². The smallest absolute Gasteiger partial charge is 0.419 e. The van der Waals surface area contributed by atoms with Crippen molar-refractivity contribution in [2.75, 3.05) is 6.61 Å². The quantitative estimate of drug-likeness (QED) is 0.222. The highest BCUT2D eigenvalue weighted by Crippen LogP contribution is 2.71. The van der Waals surface area contributed by atoms with Gasteiger partial charge >= 0.3 is 6.09 Å². The number of imidazole rings is 1. The minimum Gasteiger partial charge on any atom is -0.449 e. The van der Waals surface area contributed by atoms with Gasteiger partial charge in [0, 0.05) is 18.5 Å². The van der Waals surface area contributed by atoms with Crippen LogP contribution in [-0.4, -0.2) is 65.5 Å². The van der Waals surface area contributed by atoms with E-state index in [4.69, 9.17) is 18.0 Å². The second kappa shape index (κ2) is 14.1. The van der Waals surface area contributed by atoms with Crippen LogP contribution in [0.2, 0.25) is 57.4 Å². The van der Waals surface area contributed by atoms with Crippen molar-refractivity contribution >= 4 is 31.0 Å². The molecular formula is C40H74N2O5Si3. The number of fused-ring (bicyclic) bond motifs is 5. The topological polar surface area (TPSA) is 71.8 Å². The summed E-state index contributed by atoms with van der Waals surface area (Å²) in [5.74, 6) is 3.38. The molecule has 4 aliphatic rings. The Morgan fingerprint density at radius 2 is 1.58 bits per heavy atom. The van der Waals surface area contributed by atoms with Gasteiger partial charge < -0.3 is 18.0 Å². The lowest BCUT2D eigenvalue weighted by molar-refractivity contribution is -0.221. The molecule has 0 amide bonds. The van der Waals surface area contributed by atoms with Crippen LogP contribution in [-0.2, 0) is 18.0 Å². The van der Waals surface area contributed by atoms with Gasteiger partial charge in [-0.15, -0.1) is 0 Å². The van der Waals surface area contributed by atoms with Crippen molar-refractivity contribution in [2.24, 2.45) is 52.3 Å². The Kier molecular flexibility index (Phi) is 11.4. The molecule has 10 heteroatoms. The molecule has 0 bridgehead atoms. The Balaban J connectivity index is 1.52. The molecule has 0 saturated heterocycles. The number of carbonyl (C=O) groups is 1. The maximum atomic E-state index is 12.9. The van der Waals surface area contributed by atoms with Crippen LogP contribution in [0.25, 0.3) is 0 Å². The zero-order valence-electron chi connectivity index (χ0n) is 34.6. The second-order valence-electron chi connectivity index (χ2n) is 21.0. The van der Waals surface area contributed by atoms with Crippen molar-refractivity contribution in [2.45, 2.75) is 169 Å². The van der Waals surface area contributed by atoms with Crippen LogP contribution in [0, 0.1) is 52.3 Å². The number of aromatic nitrogens is 2. The molecule has 4 fully saturated rings. The van der Waals surface area contributed by atoms with Gasteiger partial charge in [0.15, 0.2) is 25.0 Å². The standard InChI is InChI=1S/C40H74N2O5Si3/c1-16-29-32-23-28(45-50(14,15)38(3,4)5)19-20-39(32,6)33-24-34(46-48(8,9)10)40(7)30(27(2)25-44-37(43)42-22-21-41-26-42)17-18-31(40)35(33)36(29)47-49(11,12)13/h21-22,26-36H,16-20,23-25H2,1-15H3/t27-,28?,29-,30-,31+,32+,33+,34?,35+,36?,39+,40-/m1/s1. The average Bonchev–Trinajstić information content (AvgIpc) is 3.64. The van der Waals surface area contributed by atoms with Crippen LogP contribution in [0.15, 0.2) is 18.7 Å². The van der Waals surface area contributed by atoms with E-state index in [0.717, 1.165) is 19.3 Å². The molecule has 3 unspecified atom stereocenters. The maximum Gasteiger partial charge on any atom is 0.419 e. The van der Waals surface area contributed by atoms with Crippen molar-refractivity contribution < 1.29 is 22.8 Å². The molecule has 4 saturated carbocycles. The van der Waals surface area contributed by atoms with Gasteiger partial charge in [0.1, 0.15) is 6.33 Å². The van der Waals surface area contributed by atoms with Gasteiger partial charge in [-0.2, -0.15) is 0 Å². The molecular weight excluding hydrogens is 673 g/mol. The fourth-order valence-electron chi connectivity index (χ4n) is 11.4. The number of nitrogens with zero attached hydrogens (tertiary/aromatic N) is 2. The van der Waals surface area contributed by atoms with Crippen LogP contribution in [0.5, 0.6) is 0 Å². The lowest BCUT2D eigenvalue weighted by atomic mass is 9.41. The molecule has 0 spiro atoms. The molecule has 0 aromatic carbocycles. The monoisotopic (exact) mass is 746 g/mol. The normalized spacial score (nSPS) is 38.6. The first kappa shape index (κ1) is 40.4. The molecule has 0 radical (unpaired) electrons. The Bertz CT molecular complexity index is 1320. The Morgan fingerprint density at radius 3 is 2.14 bits per heavy atom. The number of carbonyl (C=O) groups excluding carboxylic acids is 1. The molecule has 5 rings (SSSR count). The predicted octanol–water partition coefficient (Wildman–Crippen LogP) is 10.8. The van der Waals surface area contributed by atoms with Gasteiger partial charge in [0.05, 0.1) is 18.8 Å². The van der Waals surface area contributed by atoms with E-state index >= 15 is 0 Å². The summed E-state index contributed by atoms with van der Waals surface area (Å²) in [6, 6.07) is 0. The minimum absolute atomic E-state index is 0.00649. The van der Waals surface area contributed by atoms with Gasteiger partial charge in [-0.3, -0.25) is 0 Å². The van der Waals surface area contributed by atoms with E-state index < -0.39 is 25.0 Å². The van der Waals surface area contributed by atoms with Gasteiger partial charge in [0.25, 0.3) is 0 Å². The summed E-state index contributed by atoms with van der Waals surface area (Å²) >= 11 is 0. The van der Waals surface area contributed by atoms with Gasteiger partial charge in [0.2, 0.25) is 0 Å². The highest BCUT2D eigenvalue weighted by Gasteiger charge is 2.69. The Hall–Kier alpha value is -0.789. The SMILES string of the molecule is CC[C@H]1C(O[Si](C)(C)C)[C@@H]2[C@H](CC(O[Si](C)(C)C)[C@]3(C)[C@@H]([C@H](C)COC(=O)n4ccnc4)CC[C@@H]23)[C@@]2(C)CCC(O[Si](C)(C)C(C)(C)C)C[C@@H]12. The first-order valence-corrected chi connectivity index (χ1v) is 29.8. The first-order chi connectivity index (χ1) is 22.9. The zero-order chi connectivity index (χ0) is 37.2. The lowest BCUT2D eigenvalue weighted by Gasteiger charge is -2.68. The molecule has 7 nitrogen and oxygen atoms in total. The summed E-state index contributed by atoms with van der Waals surface area (Å²) in [6.07, 6.45) is 13.5. The van der Waals surface area contributed by atoms with Crippen LogP contribution in [0.3, 0.4) is 0 Å². The van der Waals surface area contributed by atoms with E-state index in [-0.39, 0.29) is 40.1 Å². The molecule has 0 aliphatic heterocycles. The third kappa shape index (κ3) is 7.73. The van der Waals surface area contributed by atoms with Crippen LogP contribution < -0.4 is 0 Å². The third-order valence-corrected chi connectivity index (χ3v) is 21.1. The van der Waals surface area contributed by atoms with Crippen molar-refractivity contribution in [3.8, 4) is 0 Å². The number of ether oxygens (including phenoxy) is 1. The first-order valence-electron chi connectivity index (χ1n) is 20.1. The van der Waals surface area contributed by atoms with E-state index in [9.17, 15) is 4.79 Å². The Morgan fingerprint density at radius 1 is 0.920 bits per heavy atom. The fourth-order valence-corrected chi connectivity index (χ4v) is 15.2. The Labute approximate surface area is 309 Å². The summed E-state index contributed by atoms with van der Waals surface area (Å²) in [5, 5.41) is 0.211. The molecule has 0 N–H and O–H groups in total. The molecule has 1 heterocycles. The summed E-state index contributed by atoms with van der Waals surface area (Å²) in [4.78, 5) is 16.9. The zero-order valence-corrected chi connectivity index (χ0v) is 37.6. The largest absolute Gasteiger partial charge is 0.449 e. The van der Waals surface area contributed by atoms with Gasteiger partial charge in [-0.25, -0.2) is 14.3 Å². The molecule has 1 aromatic rings. The number of rotatable bonds is 10. The number of hydrogen-bond donors (Lipinski definition) is 0. The molecule has 4 aliphatic carbocycles. The second-order valence-corrected chi connectivity index (χ2v) is 34.6. The summed E-state index contributed by atoms with van der Waals surface area (Å²) in [7, 11) is -5.63. The molecule has 12 atom stereocenters. The summed E-state index contributed by atoms with van der Waals surface area (Å²) in [6.45, 7) is 36.7. The fraction of sp³-hybridized carbons (Fsp3) is 0.900. The van der Waals surface area contributed by atoms with E-state index in [2.05, 4.69) is 106 Å². The van der Waals surface area contributed by atoms with Gasteiger partial charge in [-0.05, 0) is 148 Å². The number of hydrogen-bond acceptors (Lipinski definition) is 6. The third-order valence-electron chi connectivity index (χ3n) is 14.6. The van der Waals surface area contributed by atoms with Crippen LogP contribution >= 0.6 is 0 Å². The van der Waals surface area contributed by atoms with E-state index in [1.807, 2.05) is 0 Å². The highest BCUT2D eigenvalue weighted by atomic mass is 28.4. The summed E-state index contributed by atoms with van der Waals surface area (Å²) in [5.41, 5.74) is 0.234. The van der Waals surface area contributed by atoms with Crippen molar-refractivity contribution in [3.05, 3.63) is 18.7 Å². The van der Waals surface area contributed by atoms with Crippen LogP contribution in [0.1, 0.15) is 93.4 Å². The van der Waals surface area contributed by atoms with E-state index in [1.165, 1.54) is 36.6 Å². The predicted molar refractivity (Wildman–Crippen MR) is 212 cm³/mol. The van der Waals surface area contributed by atoms with Crippen molar-refractivity contribution in [3.63, 3.8) is 0 Å². The van der Waals surface area contributed by atoms with Crippen molar-refractivity contribution in [1.82, 2.24) is 9.55 Å². The van der Waals surface area contributed by atoms with Crippen molar-refractivity contribution in [1.29, 1.82) is 0 Å². The molecule has 50 heavy (non-hydrogen) atoms. The van der Waals surface area contributed by atoms with E-state index in [0.29, 0.717) is 48.2 Å². The van der Waals surface area contributed by atoms with Gasteiger partial charge in [-0.1, -0.05) is 54.9 Å². The average molecular weight is 747 g/mol. The maximum absolute atomic E-state index is 12.9. The molecule has 1 aromatic heterocycles. The summed E-state index contributed by atoms with van der Waals surface area (Å²) < 4.78 is 29.5. The molecule has 286 valence electrons. The minimum atomic E-state index is -1.88. The highest BCUT2D eigenvalue weighted by molar-refractivity contribution is 6.74. The lowest BCUT2D eigenvalue weighted by Crippen LogP contribution is -2.67.